The fourth-order valence-corrected chi connectivity index (χ4v) is 0.0711. The average molecular weight is 106 g/mol. The molecule has 0 spiro atoms. The largest absolute Gasteiger partial charge is 0.736 e. The van der Waals surface area contributed by atoms with Crippen molar-refractivity contribution >= 4 is 0 Å². The maximum atomic E-state index is 9.70. The van der Waals surface area contributed by atoms with Crippen LogP contribution in [0.4, 0.5) is 0 Å². The second-order valence-electron chi connectivity index (χ2n) is 0.637. The van der Waals surface area contributed by atoms with Gasteiger partial charge in [-0.1, -0.05) is 0 Å². The minimum absolute atomic E-state index is 0.174. The molecule has 0 fully saturated rings. The van der Waals surface area contributed by atoms with Crippen LogP contribution in [0.15, 0.2) is 5.34 Å². The summed E-state index contributed by atoms with van der Waals surface area (Å²) in [5.74, 6) is 0. The van der Waals surface area contributed by atoms with Crippen LogP contribution in [-0.2, 0) is 4.94 Å². The summed E-state index contributed by atoms with van der Waals surface area (Å²) >= 11 is 0. The van der Waals surface area contributed by atoms with Crippen molar-refractivity contribution in [2.45, 2.75) is 0 Å². The molecule has 0 aromatic rings. The molecule has 0 amide bonds. The third kappa shape index (κ3) is 3.10. The molecule has 0 aliphatic heterocycles. The topological polar surface area (TPSA) is 77.0 Å². The van der Waals surface area contributed by atoms with Gasteiger partial charge in [0.2, 0.25) is 0 Å². The first kappa shape index (κ1) is 6.28. The molecule has 0 radical (unpaired) electrons. The van der Waals surface area contributed by atoms with Gasteiger partial charge < -0.3 is 5.21 Å². The van der Waals surface area contributed by atoms with Gasteiger partial charge in [0.05, 0.1) is 0 Å². The Hall–Kier alpha value is -0.720. The zero-order valence-corrected chi connectivity index (χ0v) is 3.62. The lowest BCUT2D eigenvalue weighted by atomic mass is 11.5. The van der Waals surface area contributed by atoms with Gasteiger partial charge in [0, 0.05) is 7.05 Å². The second-order valence-corrected chi connectivity index (χ2v) is 0.637. The van der Waals surface area contributed by atoms with Crippen molar-refractivity contribution in [3.8, 4) is 0 Å². The molecule has 42 valence electrons. The third-order valence-electron chi connectivity index (χ3n) is 0.290. The Kier molecular flexibility index (Phi) is 3.11. The first-order valence-corrected chi connectivity index (χ1v) is 1.45. The highest BCUT2D eigenvalue weighted by atomic mass is 17.0. The number of nitrogens with one attached hydrogen (secondary N) is 1. The van der Waals surface area contributed by atoms with Gasteiger partial charge in [0.1, 0.15) is 0 Å². The summed E-state index contributed by atoms with van der Waals surface area (Å²) in [6, 6.07) is 0. The fourth-order valence-electron chi connectivity index (χ4n) is 0.0711. The van der Waals surface area contributed by atoms with E-state index in [0.29, 0.717) is 0 Å². The molecule has 0 saturated heterocycles. The van der Waals surface area contributed by atoms with Crippen LogP contribution in [0.1, 0.15) is 0 Å². The first-order chi connectivity index (χ1) is 3.31. The maximum Gasteiger partial charge on any atom is 0.176 e. The van der Waals surface area contributed by atoms with Gasteiger partial charge >= 0.3 is 0 Å². The number of nitrogens with zero attached hydrogens (tertiary/aromatic N) is 2. The zero-order valence-electron chi connectivity index (χ0n) is 3.62. The quantitative estimate of drug-likeness (QED) is 0.389. The smallest absolute Gasteiger partial charge is 0.176 e. The van der Waals surface area contributed by atoms with Crippen molar-refractivity contribution < 1.29 is 4.94 Å². The molecule has 0 bridgehead atoms. The average Bonchev–Trinajstić information content (AvgIpc) is 1.68. The Morgan fingerprint density at radius 1 is 2.00 bits per heavy atom. The molecule has 6 nitrogen and oxygen atoms in total. The number of hydrogen-bond donors (Lipinski definition) is 1. The monoisotopic (exact) mass is 106 g/mol. The molecule has 0 aromatic heterocycles. The lowest BCUT2D eigenvalue weighted by Gasteiger charge is -2.17. The summed E-state index contributed by atoms with van der Waals surface area (Å²) in [4.78, 5) is 12.4. The molecule has 0 aliphatic rings. The van der Waals surface area contributed by atoms with E-state index in [0.717, 1.165) is 0 Å². The van der Waals surface area contributed by atoms with Gasteiger partial charge in [-0.2, -0.15) is 0 Å². The van der Waals surface area contributed by atoms with Crippen molar-refractivity contribution in [2.75, 3.05) is 7.05 Å². The van der Waals surface area contributed by atoms with Crippen molar-refractivity contribution in [1.82, 2.24) is 10.8 Å². The summed E-state index contributed by atoms with van der Waals surface area (Å²) in [7, 11) is 1.29. The van der Waals surface area contributed by atoms with Crippen LogP contribution in [0.2, 0.25) is 0 Å². The second kappa shape index (κ2) is 3.47. The Labute approximate surface area is 39.5 Å². The van der Waals surface area contributed by atoms with Crippen LogP contribution < -0.4 is 5.43 Å². The normalized spacial score (nSPS) is 9.00. The highest BCUT2D eigenvalue weighted by Crippen LogP contribution is 1.75. The standard InChI is InChI=1S/CH4N3O3/c1-2-4(6)7-3-5/h2H,1H3/q-1. The highest BCUT2D eigenvalue weighted by Gasteiger charge is 1.77. The van der Waals surface area contributed by atoms with Crippen molar-refractivity contribution in [1.29, 1.82) is 0 Å². The molecule has 7 heavy (non-hydrogen) atoms. The molecular formula is CH4N3O3-. The van der Waals surface area contributed by atoms with E-state index in [2.05, 4.69) is 4.94 Å². The van der Waals surface area contributed by atoms with Crippen LogP contribution >= 0.6 is 0 Å². The van der Waals surface area contributed by atoms with E-state index in [9.17, 15) is 5.21 Å². The summed E-state index contributed by atoms with van der Waals surface area (Å²) in [5, 5.41) is 11.3. The molecular weight excluding hydrogens is 102 g/mol. The van der Waals surface area contributed by atoms with Gasteiger partial charge in [-0.15, -0.1) is 10.2 Å². The molecule has 0 aliphatic carbocycles. The minimum atomic E-state index is -0.174. The van der Waals surface area contributed by atoms with Gasteiger partial charge in [-0.3, -0.25) is 4.94 Å². The van der Waals surface area contributed by atoms with Crippen molar-refractivity contribution in [3.63, 3.8) is 0 Å². The molecule has 1 N–H and O–H groups in total. The SMILES string of the molecule is CNN([O-])ON=O. The first-order valence-electron chi connectivity index (χ1n) is 1.45. The van der Waals surface area contributed by atoms with Gasteiger partial charge in [-0.05, 0) is 0 Å². The fraction of sp³-hybridized carbons (Fsp3) is 1.00. The predicted octanol–water partition coefficient (Wildman–Crippen LogP) is -0.466. The van der Waals surface area contributed by atoms with E-state index in [1.807, 2.05) is 10.8 Å². The lowest BCUT2D eigenvalue weighted by Crippen LogP contribution is -2.26. The van der Waals surface area contributed by atoms with E-state index >= 15 is 0 Å². The molecule has 0 unspecified atom stereocenters. The predicted molar refractivity (Wildman–Crippen MR) is 21.1 cm³/mol. The molecule has 0 atom stereocenters. The highest BCUT2D eigenvalue weighted by molar-refractivity contribution is 4.21. The van der Waals surface area contributed by atoms with E-state index in [4.69, 9.17) is 4.91 Å². The van der Waals surface area contributed by atoms with E-state index < -0.39 is 0 Å². The van der Waals surface area contributed by atoms with Crippen LogP contribution in [0.25, 0.3) is 0 Å². The molecule has 0 rings (SSSR count). The third-order valence-corrected chi connectivity index (χ3v) is 0.290. The molecule has 0 aromatic carbocycles. The Morgan fingerprint density at radius 3 is 2.71 bits per heavy atom. The number of hydrogen-bond acceptors (Lipinski definition) is 6. The van der Waals surface area contributed by atoms with E-state index in [1.165, 1.54) is 7.05 Å². The van der Waals surface area contributed by atoms with E-state index in [1.54, 1.807) is 0 Å². The summed E-state index contributed by atoms with van der Waals surface area (Å²) in [6.07, 6.45) is 0. The summed E-state index contributed by atoms with van der Waals surface area (Å²) < 4.78 is 0. The van der Waals surface area contributed by atoms with Gasteiger partial charge in [0.15, 0.2) is 5.34 Å². The molecule has 6 heteroatoms. The maximum absolute atomic E-state index is 9.70. The van der Waals surface area contributed by atoms with Crippen molar-refractivity contribution in [3.05, 3.63) is 10.1 Å². The van der Waals surface area contributed by atoms with Crippen LogP contribution in [-0.4, -0.2) is 12.4 Å². The Bertz CT molecular complexity index is 56.1. The number of rotatable bonds is 3. The Balaban J connectivity index is 2.98. The Morgan fingerprint density at radius 2 is 2.57 bits per heavy atom. The summed E-state index contributed by atoms with van der Waals surface area (Å²) in [6.45, 7) is 0. The molecule has 0 saturated carbocycles. The van der Waals surface area contributed by atoms with Gasteiger partial charge in [0.25, 0.3) is 0 Å². The number of hydrazine groups is 1. The van der Waals surface area contributed by atoms with Crippen LogP contribution in [0.5, 0.6) is 0 Å². The van der Waals surface area contributed by atoms with Crippen LogP contribution in [0, 0.1) is 10.1 Å². The van der Waals surface area contributed by atoms with Crippen molar-refractivity contribution in [2.24, 2.45) is 5.34 Å². The van der Waals surface area contributed by atoms with E-state index in [-0.39, 0.29) is 5.34 Å². The summed E-state index contributed by atoms with van der Waals surface area (Å²) in [5.41, 5.74) is 1.93. The molecule has 0 heterocycles. The van der Waals surface area contributed by atoms with Gasteiger partial charge in [-0.25, -0.2) is 5.43 Å². The minimum Gasteiger partial charge on any atom is -0.736 e. The zero-order chi connectivity index (χ0) is 5.70. The lowest BCUT2D eigenvalue weighted by molar-refractivity contribution is -0.154. The van der Waals surface area contributed by atoms with Crippen LogP contribution in [0.3, 0.4) is 0 Å².